The van der Waals surface area contributed by atoms with E-state index < -0.39 is 5.54 Å². The Kier molecular flexibility index (Phi) is 4.99. The van der Waals surface area contributed by atoms with Gasteiger partial charge in [-0.3, -0.25) is 9.59 Å². The van der Waals surface area contributed by atoms with E-state index in [0.717, 1.165) is 32.2 Å². The van der Waals surface area contributed by atoms with Gasteiger partial charge < -0.3 is 10.6 Å². The highest BCUT2D eigenvalue weighted by atomic mass is 16.2. The smallest absolute Gasteiger partial charge is 0.245 e. The van der Waals surface area contributed by atoms with Crippen LogP contribution in [-0.2, 0) is 9.59 Å². The lowest BCUT2D eigenvalue weighted by molar-refractivity contribution is -0.131. The number of carbonyl (C=O) groups excluding carboxylic acids is 2. The van der Waals surface area contributed by atoms with E-state index in [1.54, 1.807) is 12.2 Å². The van der Waals surface area contributed by atoms with Crippen LogP contribution in [0.4, 0.5) is 0 Å². The van der Waals surface area contributed by atoms with Gasteiger partial charge in [-0.05, 0) is 38.5 Å². The second-order valence-electron chi connectivity index (χ2n) is 5.82. The van der Waals surface area contributed by atoms with Gasteiger partial charge in [-0.25, -0.2) is 0 Å². The van der Waals surface area contributed by atoms with Crippen LogP contribution in [-0.4, -0.2) is 23.9 Å². The van der Waals surface area contributed by atoms with Crippen LogP contribution in [0.25, 0.3) is 0 Å². The van der Waals surface area contributed by atoms with Crippen LogP contribution < -0.4 is 10.6 Å². The predicted octanol–water partition coefficient (Wildman–Crippen LogP) is 2.07. The number of carbonyl (C=O) groups is 2. The fourth-order valence-corrected chi connectivity index (χ4v) is 2.65. The van der Waals surface area contributed by atoms with Gasteiger partial charge in [-0.1, -0.05) is 31.1 Å². The highest BCUT2D eigenvalue weighted by molar-refractivity contribution is 5.95. The molecule has 0 radical (unpaired) electrons. The molecular formula is C16H24N2O2. The molecule has 0 aromatic carbocycles. The molecule has 2 saturated carbocycles. The van der Waals surface area contributed by atoms with Gasteiger partial charge in [-0.15, -0.1) is 0 Å². The summed E-state index contributed by atoms with van der Waals surface area (Å²) in [7, 11) is 0. The molecule has 4 nitrogen and oxygen atoms in total. The second kappa shape index (κ2) is 6.73. The second-order valence-corrected chi connectivity index (χ2v) is 5.82. The highest BCUT2D eigenvalue weighted by Crippen LogP contribution is 2.31. The van der Waals surface area contributed by atoms with Gasteiger partial charge in [-0.2, -0.15) is 0 Å². The zero-order valence-electron chi connectivity index (χ0n) is 12.2. The van der Waals surface area contributed by atoms with Gasteiger partial charge in [0.2, 0.25) is 11.8 Å². The molecule has 4 heteroatoms. The van der Waals surface area contributed by atoms with Gasteiger partial charge in [0.15, 0.2) is 0 Å². The Labute approximate surface area is 120 Å². The third-order valence-corrected chi connectivity index (χ3v) is 4.05. The van der Waals surface area contributed by atoms with Crippen LogP contribution in [0.3, 0.4) is 0 Å². The molecule has 20 heavy (non-hydrogen) atoms. The predicted molar refractivity (Wildman–Crippen MR) is 79.0 cm³/mol. The minimum atomic E-state index is -0.688. The lowest BCUT2D eigenvalue weighted by atomic mass is 9.96. The van der Waals surface area contributed by atoms with E-state index in [4.69, 9.17) is 0 Å². The first-order valence-electron chi connectivity index (χ1n) is 7.56. The van der Waals surface area contributed by atoms with E-state index in [9.17, 15) is 9.59 Å². The molecule has 2 rings (SSSR count). The topological polar surface area (TPSA) is 58.2 Å². The normalized spacial score (nSPS) is 21.4. The number of rotatable bonds is 6. The zero-order valence-corrected chi connectivity index (χ0v) is 12.2. The number of nitrogens with one attached hydrogen (secondary N) is 2. The van der Waals surface area contributed by atoms with Crippen molar-refractivity contribution in [2.45, 2.75) is 51.0 Å². The van der Waals surface area contributed by atoms with E-state index >= 15 is 0 Å². The average molecular weight is 276 g/mol. The first-order chi connectivity index (χ1) is 9.66. The summed E-state index contributed by atoms with van der Waals surface area (Å²) < 4.78 is 0. The number of hydrogen-bond donors (Lipinski definition) is 2. The van der Waals surface area contributed by atoms with Gasteiger partial charge in [0.25, 0.3) is 0 Å². The Bertz CT molecular complexity index is 416. The summed E-state index contributed by atoms with van der Waals surface area (Å²) in [6.45, 7) is 2.65. The SMILES string of the molecule is CC=CC=CC(=O)NC1(C(=O)NCC2CC2)CCCC1. The van der Waals surface area contributed by atoms with Crippen molar-refractivity contribution in [3.8, 4) is 0 Å². The molecule has 2 amide bonds. The van der Waals surface area contributed by atoms with Crippen LogP contribution in [0.15, 0.2) is 24.3 Å². The van der Waals surface area contributed by atoms with Crippen LogP contribution in [0.5, 0.6) is 0 Å². The molecular weight excluding hydrogens is 252 g/mol. The quantitative estimate of drug-likeness (QED) is 0.576. The molecule has 0 aromatic heterocycles. The Morgan fingerprint density at radius 3 is 2.50 bits per heavy atom. The van der Waals surface area contributed by atoms with Crippen molar-refractivity contribution in [1.82, 2.24) is 10.6 Å². The third-order valence-electron chi connectivity index (χ3n) is 4.05. The summed E-state index contributed by atoms with van der Waals surface area (Å²) in [4.78, 5) is 24.3. The van der Waals surface area contributed by atoms with Gasteiger partial charge in [0, 0.05) is 12.6 Å². The van der Waals surface area contributed by atoms with Crippen molar-refractivity contribution >= 4 is 11.8 Å². The third kappa shape index (κ3) is 3.95. The number of hydrogen-bond acceptors (Lipinski definition) is 2. The molecule has 2 fully saturated rings. The van der Waals surface area contributed by atoms with Gasteiger partial charge >= 0.3 is 0 Å². The fraction of sp³-hybridized carbons (Fsp3) is 0.625. The summed E-state index contributed by atoms with van der Waals surface area (Å²) in [5, 5.41) is 5.93. The maximum atomic E-state index is 12.4. The summed E-state index contributed by atoms with van der Waals surface area (Å²) in [5.74, 6) is 0.462. The zero-order chi connectivity index (χ0) is 14.4. The van der Waals surface area contributed by atoms with E-state index in [-0.39, 0.29) is 11.8 Å². The molecule has 0 bridgehead atoms. The molecule has 0 aliphatic heterocycles. The Hall–Kier alpha value is -1.58. The Morgan fingerprint density at radius 2 is 1.90 bits per heavy atom. The van der Waals surface area contributed by atoms with Crippen LogP contribution in [0, 0.1) is 5.92 Å². The Balaban J connectivity index is 1.93. The monoisotopic (exact) mass is 276 g/mol. The maximum absolute atomic E-state index is 12.4. The van der Waals surface area contributed by atoms with Crippen LogP contribution >= 0.6 is 0 Å². The van der Waals surface area contributed by atoms with Crippen LogP contribution in [0.1, 0.15) is 45.4 Å². The summed E-state index contributed by atoms with van der Waals surface area (Å²) in [6.07, 6.45) is 12.7. The molecule has 0 saturated heterocycles. The van der Waals surface area contributed by atoms with Crippen molar-refractivity contribution in [3.05, 3.63) is 24.3 Å². The minimum absolute atomic E-state index is 0.00492. The molecule has 0 unspecified atom stereocenters. The maximum Gasteiger partial charge on any atom is 0.245 e. The van der Waals surface area contributed by atoms with E-state index in [1.165, 1.54) is 18.9 Å². The Morgan fingerprint density at radius 1 is 1.20 bits per heavy atom. The molecule has 0 spiro atoms. The number of amides is 2. The largest absolute Gasteiger partial charge is 0.354 e. The van der Waals surface area contributed by atoms with Crippen molar-refractivity contribution < 1.29 is 9.59 Å². The van der Waals surface area contributed by atoms with Gasteiger partial charge in [0.05, 0.1) is 0 Å². The number of allylic oxidation sites excluding steroid dienone is 3. The first-order valence-corrected chi connectivity index (χ1v) is 7.56. The summed E-state index contributed by atoms with van der Waals surface area (Å²) >= 11 is 0. The summed E-state index contributed by atoms with van der Waals surface area (Å²) in [5.41, 5.74) is -0.688. The molecule has 0 atom stereocenters. The molecule has 2 N–H and O–H groups in total. The lowest BCUT2D eigenvalue weighted by Crippen LogP contribution is -2.57. The standard InChI is InChI=1S/C16H24N2O2/c1-2-3-4-7-14(19)18-16(10-5-6-11-16)15(20)17-12-13-8-9-13/h2-4,7,13H,5-6,8-12H2,1H3,(H,17,20)(H,18,19). The van der Waals surface area contributed by atoms with E-state index in [1.807, 2.05) is 13.0 Å². The van der Waals surface area contributed by atoms with Crippen molar-refractivity contribution in [2.75, 3.05) is 6.54 Å². The highest BCUT2D eigenvalue weighted by Gasteiger charge is 2.42. The molecule has 2 aliphatic rings. The van der Waals surface area contributed by atoms with Gasteiger partial charge in [0.1, 0.15) is 5.54 Å². The molecule has 0 heterocycles. The molecule has 0 aromatic rings. The van der Waals surface area contributed by atoms with Crippen LogP contribution in [0.2, 0.25) is 0 Å². The van der Waals surface area contributed by atoms with E-state index in [0.29, 0.717) is 5.92 Å². The lowest BCUT2D eigenvalue weighted by Gasteiger charge is -2.28. The first kappa shape index (κ1) is 14.8. The van der Waals surface area contributed by atoms with Crippen molar-refractivity contribution in [3.63, 3.8) is 0 Å². The molecule has 2 aliphatic carbocycles. The van der Waals surface area contributed by atoms with Crippen molar-refractivity contribution in [2.24, 2.45) is 5.92 Å². The van der Waals surface area contributed by atoms with Crippen molar-refractivity contribution in [1.29, 1.82) is 0 Å². The summed E-state index contributed by atoms with van der Waals surface area (Å²) in [6, 6.07) is 0. The molecule has 110 valence electrons. The fourth-order valence-electron chi connectivity index (χ4n) is 2.65. The van der Waals surface area contributed by atoms with E-state index in [2.05, 4.69) is 10.6 Å². The average Bonchev–Trinajstić information content (AvgIpc) is 3.14. The minimum Gasteiger partial charge on any atom is -0.354 e.